The van der Waals surface area contributed by atoms with Crippen molar-refractivity contribution < 1.29 is 0 Å². The molecule has 148 valence electrons. The predicted molar refractivity (Wildman–Crippen MR) is 112 cm³/mol. The van der Waals surface area contributed by atoms with Gasteiger partial charge in [0.15, 0.2) is 5.96 Å². The lowest BCUT2D eigenvalue weighted by Crippen LogP contribution is -2.44. The van der Waals surface area contributed by atoms with E-state index in [9.17, 15) is 0 Å². The summed E-state index contributed by atoms with van der Waals surface area (Å²) in [5.74, 6) is 0.892. The number of guanidine groups is 1. The molecule has 6 nitrogen and oxygen atoms in total. The molecular formula is C22H30N6. The van der Waals surface area contributed by atoms with E-state index in [0.717, 1.165) is 49.3 Å². The maximum Gasteiger partial charge on any atom is 0.191 e. The highest BCUT2D eigenvalue weighted by Gasteiger charge is 2.34. The molecule has 0 bridgehead atoms. The molecule has 1 aromatic carbocycles. The molecule has 2 fully saturated rings. The monoisotopic (exact) mass is 378 g/mol. The summed E-state index contributed by atoms with van der Waals surface area (Å²) in [4.78, 5) is 7.08. The van der Waals surface area contributed by atoms with Crippen molar-refractivity contribution in [1.82, 2.24) is 25.3 Å². The number of nitrogens with zero attached hydrogens (tertiary/aromatic N) is 4. The Balaban J connectivity index is 1.25. The molecule has 1 unspecified atom stereocenters. The SMILES string of the molecule is CN=C(NCc1nn(-c2ccccc2)c2c1CCC2)NC1CCN(C2CC2)C1. The lowest BCUT2D eigenvalue weighted by Gasteiger charge is -2.18. The molecular weight excluding hydrogens is 348 g/mol. The van der Waals surface area contributed by atoms with Crippen molar-refractivity contribution in [2.75, 3.05) is 20.1 Å². The molecule has 0 amide bonds. The van der Waals surface area contributed by atoms with Crippen molar-refractivity contribution in [3.8, 4) is 5.69 Å². The lowest BCUT2D eigenvalue weighted by atomic mass is 10.2. The van der Waals surface area contributed by atoms with Crippen LogP contribution in [0, 0.1) is 0 Å². The summed E-state index contributed by atoms with van der Waals surface area (Å²) in [5, 5.41) is 12.1. The Morgan fingerprint density at radius 2 is 2.04 bits per heavy atom. The van der Waals surface area contributed by atoms with Gasteiger partial charge in [-0.2, -0.15) is 5.10 Å². The molecule has 1 aromatic heterocycles. The van der Waals surface area contributed by atoms with Gasteiger partial charge in [-0.05, 0) is 56.2 Å². The number of para-hydroxylation sites is 1. The molecule has 5 rings (SSSR count). The van der Waals surface area contributed by atoms with Gasteiger partial charge in [0.05, 0.1) is 17.9 Å². The molecule has 1 atom stereocenters. The molecule has 1 saturated carbocycles. The van der Waals surface area contributed by atoms with E-state index in [1.54, 1.807) is 0 Å². The predicted octanol–water partition coefficient (Wildman–Crippen LogP) is 2.26. The largest absolute Gasteiger partial charge is 0.352 e. The van der Waals surface area contributed by atoms with Gasteiger partial charge in [0, 0.05) is 37.9 Å². The fourth-order valence-electron chi connectivity index (χ4n) is 4.67. The van der Waals surface area contributed by atoms with Crippen LogP contribution in [0.3, 0.4) is 0 Å². The van der Waals surface area contributed by atoms with Crippen molar-refractivity contribution in [3.63, 3.8) is 0 Å². The van der Waals surface area contributed by atoms with Gasteiger partial charge in [-0.1, -0.05) is 18.2 Å². The number of fused-ring (bicyclic) bond motifs is 1. The van der Waals surface area contributed by atoms with E-state index in [1.807, 2.05) is 7.05 Å². The van der Waals surface area contributed by atoms with Crippen molar-refractivity contribution in [2.45, 2.75) is 57.2 Å². The summed E-state index contributed by atoms with van der Waals surface area (Å²) in [6.45, 7) is 3.08. The van der Waals surface area contributed by atoms with Crippen molar-refractivity contribution in [3.05, 3.63) is 47.3 Å². The second-order valence-corrected chi connectivity index (χ2v) is 8.25. The normalized spacial score (nSPS) is 22.5. The zero-order valence-corrected chi connectivity index (χ0v) is 16.7. The molecule has 0 radical (unpaired) electrons. The lowest BCUT2D eigenvalue weighted by molar-refractivity contribution is 0.321. The molecule has 2 N–H and O–H groups in total. The first-order chi connectivity index (χ1) is 13.8. The number of nitrogens with one attached hydrogen (secondary N) is 2. The number of hydrogen-bond acceptors (Lipinski definition) is 3. The van der Waals surface area contributed by atoms with Crippen LogP contribution >= 0.6 is 0 Å². The minimum atomic E-state index is 0.499. The summed E-state index contributed by atoms with van der Waals surface area (Å²) in [6, 6.07) is 11.8. The minimum Gasteiger partial charge on any atom is -0.352 e. The van der Waals surface area contributed by atoms with Gasteiger partial charge in [0.2, 0.25) is 0 Å². The zero-order chi connectivity index (χ0) is 18.9. The summed E-state index contributed by atoms with van der Waals surface area (Å²) < 4.78 is 2.14. The number of aliphatic imine (C=N–C) groups is 1. The van der Waals surface area contributed by atoms with Gasteiger partial charge in [-0.3, -0.25) is 9.89 Å². The van der Waals surface area contributed by atoms with Crippen LogP contribution in [0.1, 0.15) is 42.6 Å². The van der Waals surface area contributed by atoms with Gasteiger partial charge < -0.3 is 10.6 Å². The molecule has 28 heavy (non-hydrogen) atoms. The Bertz CT molecular complexity index is 851. The molecule has 3 aliphatic rings. The average molecular weight is 379 g/mol. The Hall–Kier alpha value is -2.34. The molecule has 2 aromatic rings. The van der Waals surface area contributed by atoms with Gasteiger partial charge in [-0.15, -0.1) is 0 Å². The summed E-state index contributed by atoms with van der Waals surface area (Å²) >= 11 is 0. The Kier molecular flexibility index (Phi) is 4.81. The second-order valence-electron chi connectivity index (χ2n) is 8.25. The van der Waals surface area contributed by atoms with Crippen LogP contribution in [0.15, 0.2) is 35.3 Å². The quantitative estimate of drug-likeness (QED) is 0.619. The third-order valence-corrected chi connectivity index (χ3v) is 6.28. The van der Waals surface area contributed by atoms with E-state index in [2.05, 4.69) is 55.5 Å². The minimum absolute atomic E-state index is 0.499. The third kappa shape index (κ3) is 3.53. The number of rotatable bonds is 5. The maximum absolute atomic E-state index is 4.95. The van der Waals surface area contributed by atoms with Crippen LogP contribution in [-0.2, 0) is 19.4 Å². The van der Waals surface area contributed by atoms with Crippen LogP contribution in [0.25, 0.3) is 5.69 Å². The smallest absolute Gasteiger partial charge is 0.191 e. The van der Waals surface area contributed by atoms with E-state index >= 15 is 0 Å². The summed E-state index contributed by atoms with van der Waals surface area (Å²) in [6.07, 6.45) is 7.44. The van der Waals surface area contributed by atoms with E-state index in [1.165, 1.54) is 43.5 Å². The Labute approximate surface area is 167 Å². The maximum atomic E-state index is 4.95. The van der Waals surface area contributed by atoms with Crippen LogP contribution in [0.2, 0.25) is 0 Å². The first-order valence-electron chi connectivity index (χ1n) is 10.7. The molecule has 1 saturated heterocycles. The van der Waals surface area contributed by atoms with Crippen LogP contribution in [0.4, 0.5) is 0 Å². The highest BCUT2D eigenvalue weighted by Crippen LogP contribution is 2.30. The van der Waals surface area contributed by atoms with Crippen LogP contribution in [-0.4, -0.2) is 52.9 Å². The Morgan fingerprint density at radius 3 is 2.82 bits per heavy atom. The third-order valence-electron chi connectivity index (χ3n) is 6.28. The molecule has 2 heterocycles. The molecule has 6 heteroatoms. The van der Waals surface area contributed by atoms with Crippen LogP contribution in [0.5, 0.6) is 0 Å². The molecule has 2 aliphatic carbocycles. The second kappa shape index (κ2) is 7.59. The van der Waals surface area contributed by atoms with Gasteiger partial charge in [0.1, 0.15) is 0 Å². The Morgan fingerprint density at radius 1 is 1.18 bits per heavy atom. The average Bonchev–Trinajstić information content (AvgIpc) is 3.14. The van der Waals surface area contributed by atoms with E-state index < -0.39 is 0 Å². The number of benzene rings is 1. The number of hydrogen-bond donors (Lipinski definition) is 2. The number of likely N-dealkylation sites (tertiary alicyclic amines) is 1. The molecule has 0 spiro atoms. The van der Waals surface area contributed by atoms with E-state index in [4.69, 9.17) is 5.10 Å². The number of aromatic nitrogens is 2. The van der Waals surface area contributed by atoms with Gasteiger partial charge in [-0.25, -0.2) is 4.68 Å². The van der Waals surface area contributed by atoms with Crippen molar-refractivity contribution in [1.29, 1.82) is 0 Å². The fourth-order valence-corrected chi connectivity index (χ4v) is 4.67. The zero-order valence-electron chi connectivity index (χ0n) is 16.7. The summed E-state index contributed by atoms with van der Waals surface area (Å²) in [7, 11) is 1.86. The highest BCUT2D eigenvalue weighted by atomic mass is 15.3. The fraction of sp³-hybridized carbons (Fsp3) is 0.545. The first kappa shape index (κ1) is 17.7. The van der Waals surface area contributed by atoms with Gasteiger partial charge >= 0.3 is 0 Å². The van der Waals surface area contributed by atoms with Crippen molar-refractivity contribution >= 4 is 5.96 Å². The topological polar surface area (TPSA) is 57.5 Å². The van der Waals surface area contributed by atoms with Crippen LogP contribution < -0.4 is 10.6 Å². The van der Waals surface area contributed by atoms with E-state index in [-0.39, 0.29) is 0 Å². The van der Waals surface area contributed by atoms with Crippen molar-refractivity contribution in [2.24, 2.45) is 4.99 Å². The van der Waals surface area contributed by atoms with E-state index in [0.29, 0.717) is 6.04 Å². The standard InChI is InChI=1S/C22H30N6/c1-23-22(25-16-12-13-27(15-16)17-10-11-17)24-14-20-19-8-5-9-21(19)28(26-20)18-6-3-2-4-7-18/h2-4,6-7,16-17H,5,8-15H2,1H3,(H2,23,24,25). The van der Waals surface area contributed by atoms with Gasteiger partial charge in [0.25, 0.3) is 0 Å². The first-order valence-corrected chi connectivity index (χ1v) is 10.7. The highest BCUT2D eigenvalue weighted by molar-refractivity contribution is 5.80. The molecule has 1 aliphatic heterocycles. The summed E-state index contributed by atoms with van der Waals surface area (Å²) in [5.41, 5.74) is 5.11.